The third kappa shape index (κ3) is 4.77. The van der Waals surface area contributed by atoms with Crippen LogP contribution in [0.4, 0.5) is 0 Å². The Labute approximate surface area is 174 Å². The number of amides is 1. The lowest BCUT2D eigenvalue weighted by Gasteiger charge is -2.28. The summed E-state index contributed by atoms with van der Waals surface area (Å²) in [5, 5.41) is 6.10. The number of carbonyl (C=O) groups is 1. The largest absolute Gasteiger partial charge is 0.486 e. The summed E-state index contributed by atoms with van der Waals surface area (Å²) in [7, 11) is 0. The fourth-order valence-electron chi connectivity index (χ4n) is 3.34. The lowest BCUT2D eigenvalue weighted by Crippen LogP contribution is -2.41. The molecule has 0 radical (unpaired) electrons. The van der Waals surface area contributed by atoms with Gasteiger partial charge in [-0.1, -0.05) is 36.4 Å². The summed E-state index contributed by atoms with van der Waals surface area (Å²) >= 11 is 1.59. The third-order valence-corrected chi connectivity index (χ3v) is 5.75. The maximum absolute atomic E-state index is 12.7. The first kappa shape index (κ1) is 19.5. The fraction of sp³-hybridized carbons (Fsp3) is 0.304. The molecule has 2 heterocycles. The Bertz CT molecular complexity index is 998. The molecule has 6 heteroatoms. The number of rotatable bonds is 6. The summed E-state index contributed by atoms with van der Waals surface area (Å²) in [6, 6.07) is 16.0. The van der Waals surface area contributed by atoms with Crippen molar-refractivity contribution in [2.45, 2.75) is 32.2 Å². The van der Waals surface area contributed by atoms with Crippen LogP contribution in [-0.4, -0.2) is 24.1 Å². The average Bonchev–Trinajstić information content (AvgIpc) is 3.14. The monoisotopic (exact) mass is 408 g/mol. The Balaban J connectivity index is 1.39. The minimum absolute atomic E-state index is 0.0542. The lowest BCUT2D eigenvalue weighted by molar-refractivity contribution is -0.122. The molecule has 4 rings (SSSR count). The van der Waals surface area contributed by atoms with Crippen molar-refractivity contribution >= 4 is 17.2 Å². The first-order valence-electron chi connectivity index (χ1n) is 9.68. The minimum Gasteiger partial charge on any atom is -0.486 e. The van der Waals surface area contributed by atoms with E-state index in [0.29, 0.717) is 13.2 Å². The molecule has 1 aliphatic rings. The molecule has 3 aromatic rings. The van der Waals surface area contributed by atoms with E-state index in [2.05, 4.69) is 22.4 Å². The molecular weight excluding hydrogens is 384 g/mol. The highest BCUT2D eigenvalue weighted by atomic mass is 32.1. The number of ether oxygens (including phenoxy) is 2. The Kier molecular flexibility index (Phi) is 5.53. The van der Waals surface area contributed by atoms with E-state index in [-0.39, 0.29) is 12.3 Å². The molecule has 29 heavy (non-hydrogen) atoms. The highest BCUT2D eigenvalue weighted by Gasteiger charge is 2.25. The summed E-state index contributed by atoms with van der Waals surface area (Å²) in [6.07, 6.45) is 1.05. The number of hydrogen-bond acceptors (Lipinski definition) is 5. The molecule has 0 bridgehead atoms. The van der Waals surface area contributed by atoms with Crippen LogP contribution in [0.3, 0.4) is 0 Å². The van der Waals surface area contributed by atoms with E-state index >= 15 is 0 Å². The van der Waals surface area contributed by atoms with Gasteiger partial charge in [-0.15, -0.1) is 11.3 Å². The van der Waals surface area contributed by atoms with E-state index in [0.717, 1.165) is 34.2 Å². The first-order chi connectivity index (χ1) is 14.0. The summed E-state index contributed by atoms with van der Waals surface area (Å²) in [4.78, 5) is 17.3. The molecule has 1 aliphatic heterocycles. The van der Waals surface area contributed by atoms with Gasteiger partial charge in [-0.3, -0.25) is 4.79 Å². The van der Waals surface area contributed by atoms with Crippen LogP contribution in [0.5, 0.6) is 11.5 Å². The maximum Gasteiger partial charge on any atom is 0.226 e. The lowest BCUT2D eigenvalue weighted by atomic mass is 9.93. The molecule has 0 aliphatic carbocycles. The summed E-state index contributed by atoms with van der Waals surface area (Å²) in [6.45, 7) is 5.07. The summed E-state index contributed by atoms with van der Waals surface area (Å²) in [5.74, 6) is 1.41. The van der Waals surface area contributed by atoms with Crippen LogP contribution < -0.4 is 14.8 Å². The van der Waals surface area contributed by atoms with Gasteiger partial charge in [0.15, 0.2) is 11.5 Å². The number of hydrogen-bond donors (Lipinski definition) is 1. The molecule has 1 aromatic heterocycles. The molecule has 1 amide bonds. The van der Waals surface area contributed by atoms with Crippen molar-refractivity contribution in [1.82, 2.24) is 10.3 Å². The standard InChI is InChI=1S/C23H24N2O3S/c1-23(2,17-8-9-19-20(13-17)28-11-10-27-19)25-21(26)14-18-15-29-22(24-18)12-16-6-4-3-5-7-16/h3-9,13,15H,10-12,14H2,1-2H3,(H,25,26). The van der Waals surface area contributed by atoms with E-state index < -0.39 is 5.54 Å². The quantitative estimate of drug-likeness (QED) is 0.667. The van der Waals surface area contributed by atoms with Gasteiger partial charge in [0, 0.05) is 11.8 Å². The SMILES string of the molecule is CC(C)(NC(=O)Cc1csc(Cc2ccccc2)n1)c1ccc2c(c1)OCCO2. The molecule has 5 nitrogen and oxygen atoms in total. The van der Waals surface area contributed by atoms with Gasteiger partial charge in [0.05, 0.1) is 22.7 Å². The topological polar surface area (TPSA) is 60.5 Å². The highest BCUT2D eigenvalue weighted by Crippen LogP contribution is 2.34. The van der Waals surface area contributed by atoms with E-state index in [1.807, 2.05) is 55.6 Å². The third-order valence-electron chi connectivity index (χ3n) is 4.85. The zero-order valence-electron chi connectivity index (χ0n) is 16.6. The summed E-state index contributed by atoms with van der Waals surface area (Å²) in [5.41, 5.74) is 2.46. The van der Waals surface area contributed by atoms with Gasteiger partial charge in [-0.2, -0.15) is 0 Å². The van der Waals surface area contributed by atoms with Crippen LogP contribution in [0.15, 0.2) is 53.9 Å². The number of nitrogens with zero attached hydrogens (tertiary/aromatic N) is 1. The van der Waals surface area contributed by atoms with Crippen LogP contribution in [0.25, 0.3) is 0 Å². The zero-order valence-corrected chi connectivity index (χ0v) is 17.4. The molecule has 150 valence electrons. The van der Waals surface area contributed by atoms with E-state index in [1.54, 1.807) is 11.3 Å². The molecule has 0 atom stereocenters. The number of carbonyl (C=O) groups excluding carboxylic acids is 1. The number of fused-ring (bicyclic) bond motifs is 1. The zero-order chi connectivity index (χ0) is 20.3. The number of thiazole rings is 1. The first-order valence-corrected chi connectivity index (χ1v) is 10.6. The van der Waals surface area contributed by atoms with Crippen LogP contribution in [-0.2, 0) is 23.2 Å². The van der Waals surface area contributed by atoms with Crippen LogP contribution in [0, 0.1) is 0 Å². The second-order valence-corrected chi connectivity index (χ2v) is 8.55. The molecule has 2 aromatic carbocycles. The molecule has 0 saturated carbocycles. The van der Waals surface area contributed by atoms with Gasteiger partial charge in [0.2, 0.25) is 5.91 Å². The van der Waals surface area contributed by atoms with Gasteiger partial charge in [0.25, 0.3) is 0 Å². The number of aromatic nitrogens is 1. The Hall–Kier alpha value is -2.86. The smallest absolute Gasteiger partial charge is 0.226 e. The van der Waals surface area contributed by atoms with E-state index in [1.165, 1.54) is 5.56 Å². The Morgan fingerprint density at radius 1 is 1.10 bits per heavy atom. The second kappa shape index (κ2) is 8.25. The van der Waals surface area contributed by atoms with Crippen molar-refractivity contribution in [2.24, 2.45) is 0 Å². The summed E-state index contributed by atoms with van der Waals surface area (Å²) < 4.78 is 11.2. The molecule has 1 N–H and O–H groups in total. The second-order valence-electron chi connectivity index (χ2n) is 7.60. The predicted molar refractivity (Wildman–Crippen MR) is 114 cm³/mol. The molecule has 0 spiro atoms. The van der Waals surface area contributed by atoms with Gasteiger partial charge in [-0.25, -0.2) is 4.98 Å². The van der Waals surface area contributed by atoms with Crippen molar-refractivity contribution in [2.75, 3.05) is 13.2 Å². The fourth-order valence-corrected chi connectivity index (χ4v) is 4.17. The number of benzene rings is 2. The predicted octanol–water partition coefficient (Wildman–Crippen LogP) is 4.10. The van der Waals surface area contributed by atoms with Gasteiger partial charge in [-0.05, 0) is 37.1 Å². The van der Waals surface area contributed by atoms with Gasteiger partial charge >= 0.3 is 0 Å². The highest BCUT2D eigenvalue weighted by molar-refractivity contribution is 7.09. The normalized spacial score (nSPS) is 13.2. The maximum atomic E-state index is 12.7. The van der Waals surface area contributed by atoms with Gasteiger partial charge in [0.1, 0.15) is 13.2 Å². The molecule has 0 saturated heterocycles. The molecule has 0 fully saturated rings. The minimum atomic E-state index is -0.532. The molecule has 0 unspecified atom stereocenters. The van der Waals surface area contributed by atoms with E-state index in [9.17, 15) is 4.79 Å². The van der Waals surface area contributed by atoms with Crippen LogP contribution in [0.1, 0.15) is 35.7 Å². The van der Waals surface area contributed by atoms with Crippen LogP contribution >= 0.6 is 11.3 Å². The van der Waals surface area contributed by atoms with Crippen LogP contribution in [0.2, 0.25) is 0 Å². The van der Waals surface area contributed by atoms with Crippen molar-refractivity contribution in [1.29, 1.82) is 0 Å². The van der Waals surface area contributed by atoms with Crippen molar-refractivity contribution < 1.29 is 14.3 Å². The Morgan fingerprint density at radius 3 is 2.66 bits per heavy atom. The van der Waals surface area contributed by atoms with Gasteiger partial charge < -0.3 is 14.8 Å². The number of nitrogens with one attached hydrogen (secondary N) is 1. The van der Waals surface area contributed by atoms with Crippen molar-refractivity contribution in [3.8, 4) is 11.5 Å². The average molecular weight is 409 g/mol. The van der Waals surface area contributed by atoms with Crippen molar-refractivity contribution in [3.63, 3.8) is 0 Å². The van der Waals surface area contributed by atoms with Crippen molar-refractivity contribution in [3.05, 3.63) is 75.7 Å². The molecular formula is C23H24N2O3S. The van der Waals surface area contributed by atoms with E-state index in [4.69, 9.17) is 9.47 Å². The Morgan fingerprint density at radius 2 is 1.86 bits per heavy atom.